The van der Waals surface area contributed by atoms with E-state index < -0.39 is 5.91 Å². The normalized spacial score (nSPS) is 10.7. The number of rotatable bonds is 6. The summed E-state index contributed by atoms with van der Waals surface area (Å²) in [5.41, 5.74) is 6.14. The Morgan fingerprint density at radius 3 is 2.89 bits per heavy atom. The van der Waals surface area contributed by atoms with Crippen LogP contribution < -0.4 is 5.48 Å². The molecule has 0 atom stereocenters. The summed E-state index contributed by atoms with van der Waals surface area (Å²) in [6.07, 6.45) is 0.511. The minimum Gasteiger partial charge on any atom is -0.383 e. The largest absolute Gasteiger partial charge is 0.383 e. The van der Waals surface area contributed by atoms with Crippen molar-refractivity contribution in [1.29, 1.82) is 0 Å². The van der Waals surface area contributed by atoms with Crippen LogP contribution >= 0.6 is 0 Å². The predicted octanol–water partition coefficient (Wildman–Crippen LogP) is 3.25. The first-order valence-electron chi connectivity index (χ1n) is 8.47. The van der Waals surface area contributed by atoms with Gasteiger partial charge in [0.2, 0.25) is 0 Å². The summed E-state index contributed by atoms with van der Waals surface area (Å²) in [6.45, 7) is 10.4. The molecule has 2 N–H and O–H groups in total. The number of nitrogens with one attached hydrogen (secondary N) is 1. The highest BCUT2D eigenvalue weighted by molar-refractivity contribution is 5.93. The fraction of sp³-hybridized carbons (Fsp3) is 0.250. The predicted molar refractivity (Wildman–Crippen MR) is 101 cm³/mol. The molecule has 0 unspecified atom stereocenters. The molecule has 1 aromatic heterocycles. The van der Waals surface area contributed by atoms with Gasteiger partial charge in [-0.25, -0.2) is 15.3 Å². The number of carbonyl (C=O) groups excluding carboxylic acids is 1. The molecule has 0 fully saturated rings. The summed E-state index contributed by atoms with van der Waals surface area (Å²) in [5.74, 6) is 0.271. The van der Waals surface area contributed by atoms with Gasteiger partial charge in [-0.3, -0.25) is 10.0 Å². The molecule has 1 amide bonds. The molecule has 0 spiro atoms. The molecular formula is C20H20N4O3. The molecule has 138 valence electrons. The minimum absolute atomic E-state index is 0.376. The topological polar surface area (TPSA) is 80.7 Å². The highest BCUT2D eigenvalue weighted by Crippen LogP contribution is 2.27. The number of nitrogens with zero attached hydrogens (tertiary/aromatic N) is 3. The smallest absolute Gasteiger partial charge is 0.274 e. The standard InChI is InChI=1S/C20H20N4O3/c1-13-9-17-18(12-16(13)21-2)24(7-8-27-3)19(22-17)11-14-5-4-6-15(10-14)20(25)23-26/h4-6,9-10,12,26H,7-8,11H2,1,3H3,(H,23,25). The molecule has 0 aliphatic carbocycles. The van der Waals surface area contributed by atoms with Crippen LogP contribution in [0.25, 0.3) is 15.9 Å². The maximum absolute atomic E-state index is 11.6. The van der Waals surface area contributed by atoms with Crippen molar-refractivity contribution in [3.8, 4) is 0 Å². The third-order valence-corrected chi connectivity index (χ3v) is 4.44. The molecule has 0 saturated heterocycles. The van der Waals surface area contributed by atoms with Gasteiger partial charge in [0.25, 0.3) is 5.91 Å². The zero-order valence-corrected chi connectivity index (χ0v) is 15.2. The number of carbonyl (C=O) groups is 1. The molecule has 0 aliphatic heterocycles. The molecule has 3 aromatic rings. The quantitative estimate of drug-likeness (QED) is 0.400. The first-order chi connectivity index (χ1) is 13.1. The van der Waals surface area contributed by atoms with Gasteiger partial charge >= 0.3 is 0 Å². The second-order valence-electron chi connectivity index (χ2n) is 6.23. The molecule has 3 rings (SSSR count). The summed E-state index contributed by atoms with van der Waals surface area (Å²) in [7, 11) is 1.64. The Morgan fingerprint density at radius 2 is 2.19 bits per heavy atom. The van der Waals surface area contributed by atoms with Gasteiger partial charge in [0.1, 0.15) is 5.82 Å². The lowest BCUT2D eigenvalue weighted by atomic mass is 10.1. The third-order valence-electron chi connectivity index (χ3n) is 4.44. The Kier molecular flexibility index (Phi) is 5.50. The van der Waals surface area contributed by atoms with Gasteiger partial charge in [-0.05, 0) is 42.3 Å². The Morgan fingerprint density at radius 1 is 1.37 bits per heavy atom. The molecule has 7 nitrogen and oxygen atoms in total. The van der Waals surface area contributed by atoms with Gasteiger partial charge in [0, 0.05) is 25.6 Å². The summed E-state index contributed by atoms with van der Waals surface area (Å²) in [5, 5.41) is 8.83. The van der Waals surface area contributed by atoms with Crippen molar-refractivity contribution in [2.24, 2.45) is 0 Å². The summed E-state index contributed by atoms with van der Waals surface area (Å²) < 4.78 is 7.27. The number of fused-ring (bicyclic) bond motifs is 1. The highest BCUT2D eigenvalue weighted by atomic mass is 16.5. The van der Waals surface area contributed by atoms with E-state index in [0.29, 0.717) is 30.8 Å². The molecule has 0 saturated carbocycles. The average molecular weight is 364 g/mol. The minimum atomic E-state index is -0.554. The lowest BCUT2D eigenvalue weighted by Crippen LogP contribution is -2.18. The van der Waals surface area contributed by atoms with Gasteiger partial charge in [0.15, 0.2) is 5.69 Å². The number of aryl methyl sites for hydroxylation is 1. The molecule has 0 bridgehead atoms. The number of hydrogen-bond donors (Lipinski definition) is 2. The van der Waals surface area contributed by atoms with E-state index in [0.717, 1.165) is 28.0 Å². The van der Waals surface area contributed by atoms with Gasteiger partial charge in [-0.15, -0.1) is 0 Å². The fourth-order valence-corrected chi connectivity index (χ4v) is 3.07. The SMILES string of the molecule is [C-]#[N+]c1cc2c(cc1C)nc(Cc1cccc(C(=O)NO)c1)n2CCOC. The molecule has 1 heterocycles. The van der Waals surface area contributed by atoms with Crippen molar-refractivity contribution in [1.82, 2.24) is 15.0 Å². The van der Waals surface area contributed by atoms with Crippen LogP contribution in [-0.2, 0) is 17.7 Å². The van der Waals surface area contributed by atoms with Crippen molar-refractivity contribution in [2.45, 2.75) is 19.9 Å². The zero-order chi connectivity index (χ0) is 19.4. The van der Waals surface area contributed by atoms with E-state index in [2.05, 4.69) is 4.85 Å². The maximum atomic E-state index is 11.6. The van der Waals surface area contributed by atoms with Crippen molar-refractivity contribution in [3.63, 3.8) is 0 Å². The Hall–Kier alpha value is -3.21. The van der Waals surface area contributed by atoms with Gasteiger partial charge in [-0.1, -0.05) is 12.1 Å². The van der Waals surface area contributed by atoms with Crippen LogP contribution in [0, 0.1) is 13.5 Å². The molecular weight excluding hydrogens is 344 g/mol. The Balaban J connectivity index is 2.05. The van der Waals surface area contributed by atoms with Gasteiger partial charge in [0.05, 0.1) is 24.2 Å². The van der Waals surface area contributed by atoms with Crippen molar-refractivity contribution >= 4 is 22.6 Å². The van der Waals surface area contributed by atoms with E-state index >= 15 is 0 Å². The van der Waals surface area contributed by atoms with E-state index in [-0.39, 0.29) is 0 Å². The number of amides is 1. The lowest BCUT2D eigenvalue weighted by molar-refractivity contribution is 0.0706. The van der Waals surface area contributed by atoms with Gasteiger partial charge in [-0.2, -0.15) is 0 Å². The monoisotopic (exact) mass is 364 g/mol. The first kappa shape index (κ1) is 18.6. The number of imidazole rings is 1. The van der Waals surface area contributed by atoms with E-state index in [1.807, 2.05) is 29.7 Å². The number of methoxy groups -OCH3 is 1. The van der Waals surface area contributed by atoms with Crippen LogP contribution in [0.5, 0.6) is 0 Å². The molecule has 27 heavy (non-hydrogen) atoms. The number of hydrogen-bond acceptors (Lipinski definition) is 4. The van der Waals surface area contributed by atoms with Crippen LogP contribution in [-0.4, -0.2) is 34.4 Å². The molecule has 2 aromatic carbocycles. The number of ether oxygens (including phenoxy) is 1. The third kappa shape index (κ3) is 3.82. The molecule has 7 heteroatoms. The van der Waals surface area contributed by atoms with Crippen molar-refractivity contribution in [3.05, 3.63) is 70.3 Å². The fourth-order valence-electron chi connectivity index (χ4n) is 3.07. The van der Waals surface area contributed by atoms with E-state index in [4.69, 9.17) is 21.5 Å². The summed E-state index contributed by atoms with van der Waals surface area (Å²) in [6, 6.07) is 10.8. The van der Waals surface area contributed by atoms with Crippen LogP contribution in [0.4, 0.5) is 5.69 Å². The maximum Gasteiger partial charge on any atom is 0.274 e. The average Bonchev–Trinajstić information content (AvgIpc) is 3.00. The van der Waals surface area contributed by atoms with E-state index in [9.17, 15) is 4.79 Å². The Bertz CT molecular complexity index is 1030. The first-order valence-corrected chi connectivity index (χ1v) is 8.47. The van der Waals surface area contributed by atoms with Crippen LogP contribution in [0.1, 0.15) is 27.3 Å². The van der Waals surface area contributed by atoms with Gasteiger partial charge < -0.3 is 9.30 Å². The number of hydroxylamine groups is 1. The van der Waals surface area contributed by atoms with Crippen LogP contribution in [0.15, 0.2) is 36.4 Å². The van der Waals surface area contributed by atoms with Crippen LogP contribution in [0.2, 0.25) is 0 Å². The van der Waals surface area contributed by atoms with Crippen LogP contribution in [0.3, 0.4) is 0 Å². The van der Waals surface area contributed by atoms with E-state index in [1.54, 1.807) is 30.8 Å². The summed E-state index contributed by atoms with van der Waals surface area (Å²) >= 11 is 0. The highest BCUT2D eigenvalue weighted by Gasteiger charge is 2.14. The lowest BCUT2D eigenvalue weighted by Gasteiger charge is -2.10. The zero-order valence-electron chi connectivity index (χ0n) is 15.2. The Labute approximate surface area is 157 Å². The van der Waals surface area contributed by atoms with E-state index in [1.165, 1.54) is 0 Å². The number of benzene rings is 2. The summed E-state index contributed by atoms with van der Waals surface area (Å²) in [4.78, 5) is 20.0. The van der Waals surface area contributed by atoms with Crippen molar-refractivity contribution in [2.75, 3.05) is 13.7 Å². The van der Waals surface area contributed by atoms with Crippen molar-refractivity contribution < 1.29 is 14.7 Å². The molecule has 0 aliphatic rings. The second-order valence-corrected chi connectivity index (χ2v) is 6.23. The second kappa shape index (κ2) is 7.99. The number of aromatic nitrogens is 2. The molecule has 0 radical (unpaired) electrons.